The van der Waals surface area contributed by atoms with E-state index in [2.05, 4.69) is 17.4 Å². The molecule has 2 fully saturated rings. The summed E-state index contributed by atoms with van der Waals surface area (Å²) in [6.07, 6.45) is 6.13. The van der Waals surface area contributed by atoms with Crippen LogP contribution in [0.1, 0.15) is 55.2 Å². The molecule has 2 aromatic carbocycles. The summed E-state index contributed by atoms with van der Waals surface area (Å²) in [7, 11) is 0. The van der Waals surface area contributed by atoms with E-state index >= 15 is 0 Å². The topological polar surface area (TPSA) is 55.4 Å². The lowest BCUT2D eigenvalue weighted by Gasteiger charge is -2.43. The van der Waals surface area contributed by atoms with Gasteiger partial charge in [-0.25, -0.2) is 0 Å². The SMILES string of the molecule is Cc1cccc(C)c1NC(=O)C[N+]1(Cc2ccccc2)CCCC(C(=O)OC2CCCC2)C1.[Br-]. The van der Waals surface area contributed by atoms with E-state index in [1.807, 2.05) is 50.2 Å². The number of carbonyl (C=O) groups excluding carboxylic acids is 2. The zero-order chi connectivity index (χ0) is 23.3. The van der Waals surface area contributed by atoms with Gasteiger partial charge in [0.05, 0.1) is 13.1 Å². The number of hydrogen-bond donors (Lipinski definition) is 1. The number of halogens is 1. The first-order valence-corrected chi connectivity index (χ1v) is 12.4. The number of benzene rings is 2. The van der Waals surface area contributed by atoms with Crippen LogP contribution in [0.15, 0.2) is 48.5 Å². The van der Waals surface area contributed by atoms with Crippen LogP contribution in [-0.4, -0.2) is 42.1 Å². The van der Waals surface area contributed by atoms with Crippen molar-refractivity contribution in [3.8, 4) is 0 Å². The molecule has 34 heavy (non-hydrogen) atoms. The molecule has 2 unspecified atom stereocenters. The Balaban J connectivity index is 0.00000324. The van der Waals surface area contributed by atoms with Crippen molar-refractivity contribution in [3.05, 3.63) is 65.2 Å². The summed E-state index contributed by atoms with van der Waals surface area (Å²) in [6, 6.07) is 16.4. The molecule has 1 heterocycles. The van der Waals surface area contributed by atoms with Crippen LogP contribution < -0.4 is 22.3 Å². The van der Waals surface area contributed by atoms with E-state index in [0.29, 0.717) is 17.6 Å². The number of likely N-dealkylation sites (tertiary alicyclic amines) is 1. The number of ether oxygens (including phenoxy) is 1. The molecule has 0 spiro atoms. The van der Waals surface area contributed by atoms with E-state index in [9.17, 15) is 9.59 Å². The second-order valence-corrected chi connectivity index (χ2v) is 10.0. The van der Waals surface area contributed by atoms with Crippen molar-refractivity contribution in [2.75, 3.05) is 25.0 Å². The molecule has 1 amide bonds. The summed E-state index contributed by atoms with van der Waals surface area (Å²) < 4.78 is 6.47. The fourth-order valence-corrected chi connectivity index (χ4v) is 5.59. The first kappa shape index (κ1) is 26.4. The predicted octanol–water partition coefficient (Wildman–Crippen LogP) is 2.16. The number of amides is 1. The molecular weight excluding hydrogens is 492 g/mol. The molecule has 0 aromatic heterocycles. The molecule has 184 valence electrons. The summed E-state index contributed by atoms with van der Waals surface area (Å²) in [4.78, 5) is 26.3. The fraction of sp³-hybridized carbons (Fsp3) is 0.500. The molecule has 0 bridgehead atoms. The quantitative estimate of drug-likeness (QED) is 0.442. The number of nitrogens with one attached hydrogen (secondary N) is 1. The van der Waals surface area contributed by atoms with Crippen LogP contribution in [-0.2, 0) is 20.9 Å². The number of anilines is 1. The van der Waals surface area contributed by atoms with E-state index < -0.39 is 0 Å². The molecule has 5 nitrogen and oxygen atoms in total. The Hall–Kier alpha value is -2.18. The lowest BCUT2D eigenvalue weighted by molar-refractivity contribution is -0.940. The molecular formula is C28H37BrN2O3. The number of esters is 1. The van der Waals surface area contributed by atoms with Crippen LogP contribution in [0.4, 0.5) is 5.69 Å². The molecule has 2 aliphatic rings. The van der Waals surface area contributed by atoms with Gasteiger partial charge in [0.2, 0.25) is 0 Å². The van der Waals surface area contributed by atoms with Crippen molar-refractivity contribution in [1.82, 2.24) is 0 Å². The number of aryl methyl sites for hydroxylation is 2. The molecule has 1 saturated carbocycles. The zero-order valence-corrected chi connectivity index (χ0v) is 22.0. The van der Waals surface area contributed by atoms with Gasteiger partial charge in [0.25, 0.3) is 5.91 Å². The van der Waals surface area contributed by atoms with Crippen molar-refractivity contribution in [3.63, 3.8) is 0 Å². The molecule has 0 radical (unpaired) electrons. The number of rotatable bonds is 7. The van der Waals surface area contributed by atoms with E-state index in [-0.39, 0.29) is 40.9 Å². The summed E-state index contributed by atoms with van der Waals surface area (Å²) in [5, 5.41) is 3.17. The monoisotopic (exact) mass is 528 g/mol. The van der Waals surface area contributed by atoms with Gasteiger partial charge in [0, 0.05) is 11.3 Å². The van der Waals surface area contributed by atoms with Gasteiger partial charge in [0.1, 0.15) is 18.6 Å². The number of piperidine rings is 1. The van der Waals surface area contributed by atoms with Gasteiger partial charge in [-0.2, -0.15) is 0 Å². The van der Waals surface area contributed by atoms with Crippen LogP contribution in [0.25, 0.3) is 0 Å². The minimum Gasteiger partial charge on any atom is -1.00 e. The molecule has 1 aliphatic carbocycles. The van der Waals surface area contributed by atoms with Crippen LogP contribution in [0.5, 0.6) is 0 Å². The molecule has 2 atom stereocenters. The first-order valence-electron chi connectivity index (χ1n) is 12.4. The molecule has 1 N–H and O–H groups in total. The smallest absolute Gasteiger partial charge is 0.314 e. The van der Waals surface area contributed by atoms with Gasteiger partial charge in [-0.05, 0) is 63.5 Å². The average molecular weight is 530 g/mol. The normalized spacial score (nSPS) is 22.6. The largest absolute Gasteiger partial charge is 1.00 e. The molecule has 1 aliphatic heterocycles. The summed E-state index contributed by atoms with van der Waals surface area (Å²) in [5.74, 6) is -0.198. The number of nitrogens with zero attached hydrogens (tertiary/aromatic N) is 1. The summed E-state index contributed by atoms with van der Waals surface area (Å²) in [6.45, 7) is 6.69. The van der Waals surface area contributed by atoms with Crippen molar-refractivity contribution >= 4 is 17.6 Å². The van der Waals surface area contributed by atoms with Gasteiger partial charge in [-0.1, -0.05) is 48.5 Å². The van der Waals surface area contributed by atoms with Crippen LogP contribution in [0.2, 0.25) is 0 Å². The van der Waals surface area contributed by atoms with E-state index in [4.69, 9.17) is 4.74 Å². The maximum absolute atomic E-state index is 13.3. The van der Waals surface area contributed by atoms with Crippen molar-refractivity contribution in [2.45, 2.75) is 65.0 Å². The Kier molecular flexibility index (Phi) is 9.31. The predicted molar refractivity (Wildman–Crippen MR) is 131 cm³/mol. The molecule has 1 saturated heterocycles. The van der Waals surface area contributed by atoms with Gasteiger partial charge in [-0.15, -0.1) is 0 Å². The van der Waals surface area contributed by atoms with Crippen molar-refractivity contribution < 1.29 is 35.8 Å². The fourth-order valence-electron chi connectivity index (χ4n) is 5.59. The average Bonchev–Trinajstić information content (AvgIpc) is 3.30. The highest BCUT2D eigenvalue weighted by Crippen LogP contribution is 2.30. The Labute approximate surface area is 214 Å². The van der Waals surface area contributed by atoms with Gasteiger partial charge < -0.3 is 31.5 Å². The molecule has 6 heteroatoms. The first-order chi connectivity index (χ1) is 15.9. The minimum atomic E-state index is -0.143. The zero-order valence-electron chi connectivity index (χ0n) is 20.4. The van der Waals surface area contributed by atoms with Gasteiger partial charge >= 0.3 is 5.97 Å². The second kappa shape index (κ2) is 12.0. The van der Waals surface area contributed by atoms with E-state index in [1.54, 1.807) is 0 Å². The summed E-state index contributed by atoms with van der Waals surface area (Å²) >= 11 is 0. The number of hydrogen-bond acceptors (Lipinski definition) is 3. The van der Waals surface area contributed by atoms with E-state index in [0.717, 1.165) is 68.4 Å². The Bertz CT molecular complexity index is 955. The lowest BCUT2D eigenvalue weighted by atomic mass is 9.94. The number of para-hydroxylation sites is 1. The van der Waals surface area contributed by atoms with Crippen LogP contribution >= 0.6 is 0 Å². The van der Waals surface area contributed by atoms with Crippen LogP contribution in [0, 0.1) is 19.8 Å². The third-order valence-electron chi connectivity index (χ3n) is 7.30. The Morgan fingerprint density at radius 1 is 0.941 bits per heavy atom. The summed E-state index contributed by atoms with van der Waals surface area (Å²) in [5.41, 5.74) is 4.22. The maximum atomic E-state index is 13.3. The number of quaternary nitrogens is 1. The highest BCUT2D eigenvalue weighted by Gasteiger charge is 2.41. The van der Waals surface area contributed by atoms with E-state index in [1.165, 1.54) is 5.56 Å². The standard InChI is InChI=1S/C28H36N2O3.BrH/c1-21-10-8-11-22(2)27(21)29-26(31)20-30(18-23-12-4-3-5-13-23)17-9-14-24(19-30)28(32)33-25-15-6-7-16-25;/h3-5,8,10-13,24-25H,6-7,9,14-20H2,1-2H3;1H. The van der Waals surface area contributed by atoms with Crippen molar-refractivity contribution in [2.24, 2.45) is 5.92 Å². The molecule has 2 aromatic rings. The second-order valence-electron chi connectivity index (χ2n) is 10.0. The minimum absolute atomic E-state index is 0. The van der Waals surface area contributed by atoms with Crippen molar-refractivity contribution in [1.29, 1.82) is 0 Å². The van der Waals surface area contributed by atoms with Gasteiger partial charge in [-0.3, -0.25) is 9.59 Å². The van der Waals surface area contributed by atoms with Gasteiger partial charge in [0.15, 0.2) is 6.54 Å². The van der Waals surface area contributed by atoms with Crippen LogP contribution in [0.3, 0.4) is 0 Å². The maximum Gasteiger partial charge on any atom is 0.314 e. The highest BCUT2D eigenvalue weighted by atomic mass is 79.9. The third kappa shape index (κ3) is 6.70. The number of carbonyl (C=O) groups is 2. The molecule has 4 rings (SSSR count). The highest BCUT2D eigenvalue weighted by molar-refractivity contribution is 5.93. The third-order valence-corrected chi connectivity index (χ3v) is 7.30. The Morgan fingerprint density at radius 2 is 1.62 bits per heavy atom. The lowest BCUT2D eigenvalue weighted by Crippen LogP contribution is -3.00. The Morgan fingerprint density at radius 3 is 2.29 bits per heavy atom.